The second-order valence-electron chi connectivity index (χ2n) is 7.19. The van der Waals surface area contributed by atoms with E-state index < -0.39 is 0 Å². The Morgan fingerprint density at radius 1 is 1.00 bits per heavy atom. The number of hydrogen-bond acceptors (Lipinski definition) is 2. The van der Waals surface area contributed by atoms with Gasteiger partial charge in [0.1, 0.15) is 0 Å². The third kappa shape index (κ3) is 3.12. The van der Waals surface area contributed by atoms with Gasteiger partial charge < -0.3 is 9.47 Å². The Morgan fingerprint density at radius 3 is 2.50 bits per heavy atom. The highest BCUT2D eigenvalue weighted by Gasteiger charge is 2.35. The first-order valence-electron chi connectivity index (χ1n) is 9.21. The molecule has 3 heterocycles. The van der Waals surface area contributed by atoms with Crippen molar-refractivity contribution in [1.82, 2.24) is 19.2 Å². The first-order valence-corrected chi connectivity index (χ1v) is 9.21. The molecule has 1 aliphatic heterocycles. The minimum absolute atomic E-state index is 0.218. The molecule has 1 saturated carbocycles. The maximum absolute atomic E-state index is 13.0. The molecule has 1 amide bonds. The van der Waals surface area contributed by atoms with Gasteiger partial charge >= 0.3 is 0 Å². The Hall–Kier alpha value is -2.04. The number of rotatable bonds is 4. The second kappa shape index (κ2) is 6.83. The van der Waals surface area contributed by atoms with Crippen molar-refractivity contribution in [2.24, 2.45) is 5.92 Å². The van der Waals surface area contributed by atoms with Crippen LogP contribution in [0.3, 0.4) is 0 Å². The van der Waals surface area contributed by atoms with E-state index in [0.29, 0.717) is 18.0 Å². The van der Waals surface area contributed by atoms with E-state index in [0.717, 1.165) is 51.6 Å². The molecule has 0 bridgehead atoms. The Labute approximate surface area is 143 Å². The van der Waals surface area contributed by atoms with Crippen molar-refractivity contribution in [2.45, 2.75) is 57.2 Å². The summed E-state index contributed by atoms with van der Waals surface area (Å²) in [7, 11) is 0. The van der Waals surface area contributed by atoms with Crippen LogP contribution in [0.25, 0.3) is 0 Å². The van der Waals surface area contributed by atoms with Gasteiger partial charge in [-0.25, -0.2) is 0 Å². The molecule has 0 unspecified atom stereocenters. The monoisotopic (exact) mass is 326 g/mol. The summed E-state index contributed by atoms with van der Waals surface area (Å²) in [5, 5.41) is 4.30. The number of likely N-dealkylation sites (tertiary alicyclic amines) is 1. The third-order valence-electron chi connectivity index (χ3n) is 5.71. The first kappa shape index (κ1) is 15.5. The maximum atomic E-state index is 13.0. The molecule has 0 aromatic carbocycles. The van der Waals surface area contributed by atoms with Gasteiger partial charge in [0.15, 0.2) is 0 Å². The molecule has 24 heavy (non-hydrogen) atoms. The molecular weight excluding hydrogens is 300 g/mol. The van der Waals surface area contributed by atoms with E-state index >= 15 is 0 Å². The normalized spacial score (nSPS) is 27.5. The standard InChI is InChI=1S/C19H26N4O/c24-19(16-6-8-17(9-7-16)21-11-1-2-12-21)23-14-3-5-18(23)15-22-13-4-10-20-22/h1-2,4,10-13,16-18H,3,5-9,14-15H2/t16?,17?,18-/m1/s1. The Morgan fingerprint density at radius 2 is 1.79 bits per heavy atom. The van der Waals surface area contributed by atoms with Crippen LogP contribution in [0.15, 0.2) is 43.0 Å². The van der Waals surface area contributed by atoms with Crippen molar-refractivity contribution in [1.29, 1.82) is 0 Å². The van der Waals surface area contributed by atoms with E-state index in [4.69, 9.17) is 0 Å². The number of hydrogen-bond donors (Lipinski definition) is 0. The zero-order valence-corrected chi connectivity index (χ0v) is 14.1. The highest BCUT2D eigenvalue weighted by molar-refractivity contribution is 5.79. The average Bonchev–Trinajstić information content (AvgIpc) is 3.37. The van der Waals surface area contributed by atoms with Gasteiger partial charge in [-0.3, -0.25) is 9.48 Å². The lowest BCUT2D eigenvalue weighted by Crippen LogP contribution is -2.42. The van der Waals surface area contributed by atoms with Crippen molar-refractivity contribution < 1.29 is 4.79 Å². The van der Waals surface area contributed by atoms with Crippen LogP contribution in [-0.4, -0.2) is 37.7 Å². The van der Waals surface area contributed by atoms with Crippen molar-refractivity contribution in [3.8, 4) is 0 Å². The van der Waals surface area contributed by atoms with E-state index in [1.54, 1.807) is 0 Å². The van der Waals surface area contributed by atoms with Crippen LogP contribution in [-0.2, 0) is 11.3 Å². The van der Waals surface area contributed by atoms with Crippen molar-refractivity contribution in [2.75, 3.05) is 6.54 Å². The third-order valence-corrected chi connectivity index (χ3v) is 5.71. The summed E-state index contributed by atoms with van der Waals surface area (Å²) in [6.07, 6.45) is 14.6. The topological polar surface area (TPSA) is 43.1 Å². The second-order valence-corrected chi connectivity index (χ2v) is 7.19. The summed E-state index contributed by atoms with van der Waals surface area (Å²) < 4.78 is 4.26. The predicted octanol–water partition coefficient (Wildman–Crippen LogP) is 3.11. The Balaban J connectivity index is 1.35. The molecule has 1 saturated heterocycles. The summed E-state index contributed by atoms with van der Waals surface area (Å²) in [6.45, 7) is 1.75. The van der Waals surface area contributed by atoms with Crippen LogP contribution < -0.4 is 0 Å². The highest BCUT2D eigenvalue weighted by Crippen LogP contribution is 2.34. The number of nitrogens with zero attached hydrogens (tertiary/aromatic N) is 4. The fourth-order valence-electron chi connectivity index (χ4n) is 4.39. The van der Waals surface area contributed by atoms with Crippen molar-refractivity contribution in [3.63, 3.8) is 0 Å². The molecule has 0 N–H and O–H groups in total. The number of aromatic nitrogens is 3. The summed E-state index contributed by atoms with van der Waals surface area (Å²) >= 11 is 0. The summed E-state index contributed by atoms with van der Waals surface area (Å²) in [5.41, 5.74) is 0. The zero-order chi connectivity index (χ0) is 16.4. The summed E-state index contributed by atoms with van der Waals surface area (Å²) in [4.78, 5) is 15.2. The van der Waals surface area contributed by atoms with Gasteiger partial charge in [-0.05, 0) is 56.7 Å². The van der Waals surface area contributed by atoms with Crippen molar-refractivity contribution >= 4 is 5.91 Å². The summed E-state index contributed by atoms with van der Waals surface area (Å²) in [5.74, 6) is 0.602. The van der Waals surface area contributed by atoms with Crippen LogP contribution in [0.4, 0.5) is 0 Å². The minimum atomic E-state index is 0.218. The highest BCUT2D eigenvalue weighted by atomic mass is 16.2. The average molecular weight is 326 g/mol. The molecule has 0 radical (unpaired) electrons. The fraction of sp³-hybridized carbons (Fsp3) is 0.579. The van der Waals surface area contributed by atoms with Gasteiger partial charge in [0, 0.05) is 43.3 Å². The lowest BCUT2D eigenvalue weighted by molar-refractivity contribution is -0.137. The molecular formula is C19H26N4O. The van der Waals surface area contributed by atoms with E-state index in [1.807, 2.05) is 23.1 Å². The fourth-order valence-corrected chi connectivity index (χ4v) is 4.39. The molecule has 5 nitrogen and oxygen atoms in total. The maximum Gasteiger partial charge on any atom is 0.225 e. The number of carbonyl (C=O) groups is 1. The molecule has 2 fully saturated rings. The molecule has 5 heteroatoms. The Bertz CT molecular complexity index is 641. The van der Waals surface area contributed by atoms with E-state index in [9.17, 15) is 4.79 Å². The van der Waals surface area contributed by atoms with Crippen LogP contribution in [0.1, 0.15) is 44.6 Å². The van der Waals surface area contributed by atoms with E-state index in [-0.39, 0.29) is 5.92 Å². The van der Waals surface area contributed by atoms with Gasteiger partial charge in [0.05, 0.1) is 12.6 Å². The van der Waals surface area contributed by atoms with E-state index in [2.05, 4.69) is 39.1 Å². The van der Waals surface area contributed by atoms with E-state index in [1.165, 1.54) is 0 Å². The lowest BCUT2D eigenvalue weighted by Gasteiger charge is -2.33. The van der Waals surface area contributed by atoms with Gasteiger partial charge in [0.25, 0.3) is 0 Å². The smallest absolute Gasteiger partial charge is 0.225 e. The molecule has 2 aliphatic rings. The minimum Gasteiger partial charge on any atom is -0.351 e. The molecule has 4 rings (SSSR count). The van der Waals surface area contributed by atoms with Gasteiger partial charge in [0.2, 0.25) is 5.91 Å². The summed E-state index contributed by atoms with van der Waals surface area (Å²) in [6, 6.07) is 7.01. The largest absolute Gasteiger partial charge is 0.351 e. The lowest BCUT2D eigenvalue weighted by atomic mass is 9.85. The van der Waals surface area contributed by atoms with Crippen LogP contribution in [0.5, 0.6) is 0 Å². The van der Waals surface area contributed by atoms with Crippen LogP contribution in [0, 0.1) is 5.92 Å². The van der Waals surface area contributed by atoms with Gasteiger partial charge in [-0.2, -0.15) is 5.10 Å². The molecule has 2 aromatic rings. The van der Waals surface area contributed by atoms with Crippen molar-refractivity contribution in [3.05, 3.63) is 43.0 Å². The van der Waals surface area contributed by atoms with Gasteiger partial charge in [-0.15, -0.1) is 0 Å². The molecule has 2 aromatic heterocycles. The quantitative estimate of drug-likeness (QED) is 0.866. The predicted molar refractivity (Wildman–Crippen MR) is 92.4 cm³/mol. The number of amides is 1. The SMILES string of the molecule is O=C(C1CCC(n2cccc2)CC1)N1CCC[C@@H]1Cn1cccn1. The van der Waals surface area contributed by atoms with Crippen LogP contribution >= 0.6 is 0 Å². The zero-order valence-electron chi connectivity index (χ0n) is 14.1. The molecule has 0 spiro atoms. The Kier molecular flexibility index (Phi) is 4.41. The molecule has 128 valence electrons. The van der Waals surface area contributed by atoms with Gasteiger partial charge in [-0.1, -0.05) is 0 Å². The van der Waals surface area contributed by atoms with Crippen LogP contribution in [0.2, 0.25) is 0 Å². The first-order chi connectivity index (χ1) is 11.8. The molecule has 1 atom stereocenters. The molecule has 1 aliphatic carbocycles. The number of carbonyl (C=O) groups excluding carboxylic acids is 1.